The summed E-state index contributed by atoms with van der Waals surface area (Å²) >= 11 is 12.3. The molecule has 0 radical (unpaired) electrons. The number of fused-ring (bicyclic) bond motifs is 1. The van der Waals surface area contributed by atoms with Gasteiger partial charge in [0.15, 0.2) is 0 Å². The Kier molecular flexibility index (Phi) is 3.42. The molecule has 104 valence electrons. The minimum absolute atomic E-state index is 0.0524. The molecule has 0 amide bonds. The summed E-state index contributed by atoms with van der Waals surface area (Å²) in [5.41, 5.74) is 7.09. The van der Waals surface area contributed by atoms with Crippen LogP contribution in [-0.4, -0.2) is 30.6 Å². The van der Waals surface area contributed by atoms with E-state index in [1.165, 1.54) is 0 Å². The first-order valence-corrected chi connectivity index (χ1v) is 7.37. The number of rotatable bonds is 0. The zero-order valence-electron chi connectivity index (χ0n) is 11.0. The smallest absolute Gasteiger partial charge is 0.143 e. The molecular formula is C14H18Cl2N2O. The molecule has 2 N–H and O–H groups in total. The standard InChI is InChI=1S/C14H18Cl2N2O/c1-18-4-2-14(3-5-18)8-12(17)10-6-9(15)7-11(16)13(10)19-14/h6-7,12H,2-5,8,17H2,1H3. The van der Waals surface area contributed by atoms with Crippen LogP contribution in [0.25, 0.3) is 0 Å². The Morgan fingerprint density at radius 2 is 2.00 bits per heavy atom. The predicted molar refractivity (Wildman–Crippen MR) is 78.1 cm³/mol. The van der Waals surface area contributed by atoms with Crippen molar-refractivity contribution in [1.82, 2.24) is 4.90 Å². The van der Waals surface area contributed by atoms with Crippen LogP contribution < -0.4 is 10.5 Å². The Bertz CT molecular complexity index is 498. The fraction of sp³-hybridized carbons (Fsp3) is 0.571. The molecule has 3 rings (SSSR count). The molecule has 0 aromatic heterocycles. The van der Waals surface area contributed by atoms with Crippen LogP contribution in [-0.2, 0) is 0 Å². The SMILES string of the molecule is CN1CCC2(CC1)CC(N)c1cc(Cl)cc(Cl)c1O2. The van der Waals surface area contributed by atoms with Crippen molar-refractivity contribution in [2.24, 2.45) is 5.73 Å². The predicted octanol–water partition coefficient (Wildman–Crippen LogP) is 3.24. The summed E-state index contributed by atoms with van der Waals surface area (Å²) in [6.07, 6.45) is 2.83. The Hall–Kier alpha value is -0.480. The first kappa shape index (κ1) is 13.5. The maximum atomic E-state index is 6.31. The van der Waals surface area contributed by atoms with Gasteiger partial charge in [-0.05, 0) is 32.0 Å². The van der Waals surface area contributed by atoms with E-state index in [2.05, 4.69) is 11.9 Å². The van der Waals surface area contributed by atoms with Crippen molar-refractivity contribution >= 4 is 23.2 Å². The zero-order chi connectivity index (χ0) is 13.6. The fourth-order valence-electron chi connectivity index (χ4n) is 3.06. The van der Waals surface area contributed by atoms with Crippen molar-refractivity contribution in [1.29, 1.82) is 0 Å². The molecule has 5 heteroatoms. The van der Waals surface area contributed by atoms with E-state index in [4.69, 9.17) is 33.7 Å². The molecule has 2 aliphatic rings. The van der Waals surface area contributed by atoms with Gasteiger partial charge in [0, 0.05) is 36.1 Å². The number of likely N-dealkylation sites (tertiary alicyclic amines) is 1. The third-order valence-corrected chi connectivity index (χ3v) is 4.74. The van der Waals surface area contributed by atoms with Crippen LogP contribution in [0.3, 0.4) is 0 Å². The fourth-order valence-corrected chi connectivity index (χ4v) is 3.61. The molecule has 1 atom stereocenters. The van der Waals surface area contributed by atoms with Gasteiger partial charge >= 0.3 is 0 Å². The summed E-state index contributed by atoms with van der Waals surface area (Å²) in [5, 5.41) is 1.18. The Labute approximate surface area is 123 Å². The summed E-state index contributed by atoms with van der Waals surface area (Å²) in [6.45, 7) is 2.07. The van der Waals surface area contributed by atoms with Gasteiger partial charge in [-0.25, -0.2) is 0 Å². The highest BCUT2D eigenvalue weighted by molar-refractivity contribution is 6.35. The number of hydrogen-bond acceptors (Lipinski definition) is 3. The van der Waals surface area contributed by atoms with Crippen molar-refractivity contribution in [3.63, 3.8) is 0 Å². The van der Waals surface area contributed by atoms with E-state index in [0.29, 0.717) is 10.0 Å². The molecule has 0 saturated carbocycles. The third-order valence-electron chi connectivity index (χ3n) is 4.25. The molecule has 1 unspecified atom stereocenters. The molecule has 19 heavy (non-hydrogen) atoms. The van der Waals surface area contributed by atoms with Gasteiger partial charge in [0.1, 0.15) is 11.4 Å². The number of halogens is 2. The van der Waals surface area contributed by atoms with Crippen LogP contribution in [0.1, 0.15) is 30.9 Å². The molecule has 1 fully saturated rings. The molecule has 1 aromatic rings. The first-order valence-electron chi connectivity index (χ1n) is 6.61. The van der Waals surface area contributed by atoms with Crippen LogP contribution in [0.2, 0.25) is 10.0 Å². The second-order valence-electron chi connectivity index (χ2n) is 5.70. The molecule has 2 aliphatic heterocycles. The van der Waals surface area contributed by atoms with Crippen LogP contribution >= 0.6 is 23.2 Å². The van der Waals surface area contributed by atoms with E-state index in [0.717, 1.165) is 43.7 Å². The lowest BCUT2D eigenvalue weighted by atomic mass is 9.81. The van der Waals surface area contributed by atoms with Gasteiger partial charge in [-0.1, -0.05) is 23.2 Å². The normalized spacial score (nSPS) is 26.0. The van der Waals surface area contributed by atoms with Gasteiger partial charge in [0.2, 0.25) is 0 Å². The van der Waals surface area contributed by atoms with Crippen LogP contribution in [0.5, 0.6) is 5.75 Å². The minimum atomic E-state index is -0.156. The molecular weight excluding hydrogens is 283 g/mol. The lowest BCUT2D eigenvalue weighted by molar-refractivity contribution is -0.0163. The van der Waals surface area contributed by atoms with Crippen molar-refractivity contribution in [3.8, 4) is 5.75 Å². The van der Waals surface area contributed by atoms with Crippen molar-refractivity contribution in [2.75, 3.05) is 20.1 Å². The summed E-state index contributed by atoms with van der Waals surface area (Å²) in [4.78, 5) is 2.32. The second kappa shape index (κ2) is 4.81. The number of hydrogen-bond donors (Lipinski definition) is 1. The molecule has 1 aromatic carbocycles. The number of nitrogens with two attached hydrogens (primary N) is 1. The van der Waals surface area contributed by atoms with Gasteiger partial charge in [-0.15, -0.1) is 0 Å². The Balaban J connectivity index is 1.95. The maximum Gasteiger partial charge on any atom is 0.143 e. The van der Waals surface area contributed by atoms with E-state index >= 15 is 0 Å². The topological polar surface area (TPSA) is 38.5 Å². The first-order chi connectivity index (χ1) is 8.99. The number of nitrogens with zero attached hydrogens (tertiary/aromatic N) is 1. The average molecular weight is 301 g/mol. The largest absolute Gasteiger partial charge is 0.485 e. The quantitative estimate of drug-likeness (QED) is 0.799. The van der Waals surface area contributed by atoms with E-state index in [9.17, 15) is 0 Å². The van der Waals surface area contributed by atoms with Crippen molar-refractivity contribution in [3.05, 3.63) is 27.7 Å². The maximum absolute atomic E-state index is 6.31. The summed E-state index contributed by atoms with van der Waals surface area (Å²) in [6, 6.07) is 3.54. The lowest BCUT2D eigenvalue weighted by Crippen LogP contribution is -2.50. The van der Waals surface area contributed by atoms with Gasteiger partial charge in [0.25, 0.3) is 0 Å². The lowest BCUT2D eigenvalue weighted by Gasteiger charge is -2.45. The second-order valence-corrected chi connectivity index (χ2v) is 6.55. The van der Waals surface area contributed by atoms with Gasteiger partial charge < -0.3 is 15.4 Å². The van der Waals surface area contributed by atoms with Crippen LogP contribution in [0, 0.1) is 0 Å². The molecule has 1 spiro atoms. The third kappa shape index (κ3) is 2.45. The van der Waals surface area contributed by atoms with E-state index < -0.39 is 0 Å². The molecule has 0 aliphatic carbocycles. The van der Waals surface area contributed by atoms with Crippen molar-refractivity contribution in [2.45, 2.75) is 30.9 Å². The number of piperidine rings is 1. The summed E-state index contributed by atoms with van der Waals surface area (Å²) in [5.74, 6) is 0.731. The Morgan fingerprint density at radius 3 is 2.68 bits per heavy atom. The van der Waals surface area contributed by atoms with E-state index in [1.54, 1.807) is 6.07 Å². The van der Waals surface area contributed by atoms with E-state index in [-0.39, 0.29) is 11.6 Å². The van der Waals surface area contributed by atoms with Crippen molar-refractivity contribution < 1.29 is 4.74 Å². The Morgan fingerprint density at radius 1 is 1.32 bits per heavy atom. The average Bonchev–Trinajstić information content (AvgIpc) is 2.35. The molecule has 3 nitrogen and oxygen atoms in total. The van der Waals surface area contributed by atoms with Gasteiger partial charge in [0.05, 0.1) is 5.02 Å². The highest BCUT2D eigenvalue weighted by atomic mass is 35.5. The van der Waals surface area contributed by atoms with Crippen LogP contribution in [0.15, 0.2) is 12.1 Å². The minimum Gasteiger partial charge on any atom is -0.485 e. The van der Waals surface area contributed by atoms with Gasteiger partial charge in [-0.3, -0.25) is 0 Å². The number of benzene rings is 1. The van der Waals surface area contributed by atoms with Gasteiger partial charge in [-0.2, -0.15) is 0 Å². The molecule has 2 heterocycles. The zero-order valence-corrected chi connectivity index (χ0v) is 12.5. The van der Waals surface area contributed by atoms with E-state index in [1.807, 2.05) is 6.07 Å². The summed E-state index contributed by atoms with van der Waals surface area (Å²) < 4.78 is 6.27. The van der Waals surface area contributed by atoms with Crippen LogP contribution in [0.4, 0.5) is 0 Å². The number of ether oxygens (including phenoxy) is 1. The molecule has 0 bridgehead atoms. The summed E-state index contributed by atoms with van der Waals surface area (Å²) in [7, 11) is 2.14. The monoisotopic (exact) mass is 300 g/mol. The highest BCUT2D eigenvalue weighted by Crippen LogP contribution is 2.47. The molecule has 1 saturated heterocycles. The highest BCUT2D eigenvalue weighted by Gasteiger charge is 2.42.